The summed E-state index contributed by atoms with van der Waals surface area (Å²) in [4.78, 5) is 62.2. The van der Waals surface area contributed by atoms with Gasteiger partial charge in [-0.1, -0.05) is 12.2 Å². The van der Waals surface area contributed by atoms with E-state index in [1.54, 1.807) is 30.5 Å². The summed E-state index contributed by atoms with van der Waals surface area (Å²) in [5, 5.41) is 33.2. The van der Waals surface area contributed by atoms with Crippen LogP contribution < -0.4 is 16.4 Å². The molecule has 2 atom stereocenters. The van der Waals surface area contributed by atoms with Crippen molar-refractivity contribution in [2.45, 2.75) is 51.2 Å². The van der Waals surface area contributed by atoms with Crippen LogP contribution in [0.1, 0.15) is 33.6 Å². The quantitative estimate of drug-likeness (QED) is 0.172. The number of carbonyl (C=O) groups excluding carboxylic acids is 3. The van der Waals surface area contributed by atoms with Crippen LogP contribution >= 0.6 is 11.8 Å². The number of amides is 3. The highest BCUT2D eigenvalue weighted by Gasteiger charge is 2.23. The molecule has 2 unspecified atom stereocenters. The SMILES string of the molecule is CC(C)(C)N(O)C=C1C=CC(=NC(=O)CSCC(NC(=O)CCC(N)C(=O)O)C(=O)NCC(=O)O)C=C1. The Bertz CT molecular complexity index is 982. The number of carboxylic acids is 2. The van der Waals surface area contributed by atoms with Gasteiger partial charge in [-0.2, -0.15) is 0 Å². The molecule has 37 heavy (non-hydrogen) atoms. The van der Waals surface area contributed by atoms with E-state index in [4.69, 9.17) is 15.9 Å². The number of nitrogens with zero attached hydrogens (tertiary/aromatic N) is 2. The summed E-state index contributed by atoms with van der Waals surface area (Å²) in [6.45, 7) is 4.85. The van der Waals surface area contributed by atoms with Crippen molar-refractivity contribution < 1.29 is 39.4 Å². The predicted octanol–water partition coefficient (Wildman–Crippen LogP) is 0.0645. The number of hydrogen-bond acceptors (Lipinski definition) is 9. The maximum absolute atomic E-state index is 12.3. The molecule has 0 saturated heterocycles. The Labute approximate surface area is 218 Å². The van der Waals surface area contributed by atoms with E-state index in [9.17, 15) is 29.2 Å². The van der Waals surface area contributed by atoms with E-state index in [2.05, 4.69) is 15.6 Å². The smallest absolute Gasteiger partial charge is 0.322 e. The lowest BCUT2D eigenvalue weighted by atomic mass is 10.1. The fourth-order valence-corrected chi connectivity index (χ4v) is 3.38. The summed E-state index contributed by atoms with van der Waals surface area (Å²) in [5.74, 6) is -4.63. The van der Waals surface area contributed by atoms with Gasteiger partial charge in [0.1, 0.15) is 18.6 Å². The van der Waals surface area contributed by atoms with Crippen molar-refractivity contribution in [3.05, 3.63) is 36.1 Å². The first kappa shape index (κ1) is 31.5. The highest BCUT2D eigenvalue weighted by Crippen LogP contribution is 2.15. The molecule has 1 rings (SSSR count). The number of carboxylic acid groups (broad SMARTS) is 2. The minimum Gasteiger partial charge on any atom is -0.480 e. The van der Waals surface area contributed by atoms with Gasteiger partial charge in [0.25, 0.3) is 5.91 Å². The number of nitrogens with one attached hydrogen (secondary N) is 2. The van der Waals surface area contributed by atoms with E-state index < -0.39 is 53.8 Å². The number of nitrogens with two attached hydrogens (primary N) is 1. The number of aliphatic carboxylic acids is 2. The normalized spacial score (nSPS) is 14.4. The van der Waals surface area contributed by atoms with E-state index in [0.717, 1.165) is 16.8 Å². The first-order chi connectivity index (χ1) is 17.2. The van der Waals surface area contributed by atoms with Crippen molar-refractivity contribution in [2.75, 3.05) is 18.1 Å². The Hall–Kier alpha value is -3.49. The molecule has 7 N–H and O–H groups in total. The molecule has 0 aromatic carbocycles. The van der Waals surface area contributed by atoms with Gasteiger partial charge in [0.2, 0.25) is 11.8 Å². The molecule has 0 aromatic heterocycles. The Morgan fingerprint density at radius 2 is 1.76 bits per heavy atom. The fraction of sp³-hybridized carbons (Fsp3) is 0.478. The molecule has 14 heteroatoms. The second-order valence-electron chi connectivity index (χ2n) is 8.97. The van der Waals surface area contributed by atoms with Crippen molar-refractivity contribution in [3.63, 3.8) is 0 Å². The molecule has 0 radical (unpaired) electrons. The fourth-order valence-electron chi connectivity index (χ4n) is 2.56. The Kier molecular flexibility index (Phi) is 12.7. The van der Waals surface area contributed by atoms with E-state index in [-0.39, 0.29) is 24.3 Å². The van der Waals surface area contributed by atoms with E-state index in [0.29, 0.717) is 11.3 Å². The van der Waals surface area contributed by atoms with Crippen LogP contribution in [-0.2, 0) is 24.0 Å². The van der Waals surface area contributed by atoms with Gasteiger partial charge in [-0.3, -0.25) is 34.2 Å². The van der Waals surface area contributed by atoms with Crippen molar-refractivity contribution in [2.24, 2.45) is 10.7 Å². The second kappa shape index (κ2) is 14.9. The van der Waals surface area contributed by atoms with Crippen LogP contribution in [0.15, 0.2) is 41.1 Å². The van der Waals surface area contributed by atoms with E-state index in [1.807, 2.05) is 20.8 Å². The summed E-state index contributed by atoms with van der Waals surface area (Å²) < 4.78 is 0. The maximum Gasteiger partial charge on any atom is 0.322 e. The molecule has 204 valence electrons. The van der Waals surface area contributed by atoms with Crippen molar-refractivity contribution in [1.29, 1.82) is 0 Å². The lowest BCUT2D eigenvalue weighted by Crippen LogP contribution is -2.49. The number of thioether (sulfide) groups is 1. The molecule has 0 aromatic rings. The average Bonchev–Trinajstić information content (AvgIpc) is 2.80. The van der Waals surface area contributed by atoms with Crippen molar-refractivity contribution in [3.8, 4) is 0 Å². The van der Waals surface area contributed by atoms with Gasteiger partial charge in [0.15, 0.2) is 0 Å². The maximum atomic E-state index is 12.3. The molecule has 3 amide bonds. The van der Waals surface area contributed by atoms with Crippen LogP contribution in [0, 0.1) is 0 Å². The first-order valence-corrected chi connectivity index (χ1v) is 12.4. The molecule has 0 bridgehead atoms. The zero-order chi connectivity index (χ0) is 28.2. The highest BCUT2D eigenvalue weighted by molar-refractivity contribution is 8.00. The van der Waals surface area contributed by atoms with Crippen LogP contribution in [0.5, 0.6) is 0 Å². The molecule has 0 fully saturated rings. The summed E-state index contributed by atoms with van der Waals surface area (Å²) in [6.07, 6.45) is 7.71. The molecular weight excluding hydrogens is 506 g/mol. The monoisotopic (exact) mass is 539 g/mol. The lowest BCUT2D eigenvalue weighted by molar-refractivity contribution is -0.139. The van der Waals surface area contributed by atoms with Crippen molar-refractivity contribution in [1.82, 2.24) is 15.7 Å². The Morgan fingerprint density at radius 3 is 2.30 bits per heavy atom. The largest absolute Gasteiger partial charge is 0.480 e. The number of allylic oxidation sites excluding steroid dienone is 5. The molecule has 0 saturated carbocycles. The van der Waals surface area contributed by atoms with Gasteiger partial charge in [-0.15, -0.1) is 11.8 Å². The molecule has 13 nitrogen and oxygen atoms in total. The van der Waals surface area contributed by atoms with Gasteiger partial charge < -0.3 is 26.6 Å². The number of aliphatic imine (C=N–C) groups is 1. The van der Waals surface area contributed by atoms with E-state index >= 15 is 0 Å². The third-order valence-corrected chi connectivity index (χ3v) is 5.70. The number of carbonyl (C=O) groups is 5. The zero-order valence-electron chi connectivity index (χ0n) is 20.8. The van der Waals surface area contributed by atoms with Gasteiger partial charge in [0.05, 0.1) is 17.0 Å². The first-order valence-electron chi connectivity index (χ1n) is 11.2. The van der Waals surface area contributed by atoms with Crippen LogP contribution in [0.4, 0.5) is 0 Å². The average molecular weight is 540 g/mol. The standard InChI is InChI=1S/C23H33N5O8S/c1-23(2,3)28(36)11-14-4-6-15(7-5-14)26-19(30)13-37-12-17(21(33)25-10-20(31)32)27-18(29)9-8-16(24)22(34)35/h4-7,11,16-17,36H,8-10,12-13,24H2,1-3H3,(H,25,33)(H,27,29)(H,31,32)(H,34,35). The van der Waals surface area contributed by atoms with Crippen LogP contribution in [0.3, 0.4) is 0 Å². The van der Waals surface area contributed by atoms with Gasteiger partial charge in [-0.05, 0) is 44.9 Å². The van der Waals surface area contributed by atoms with Crippen molar-refractivity contribution >= 4 is 47.1 Å². The minimum absolute atomic E-state index is 0.0591. The number of hydroxylamine groups is 2. The van der Waals surface area contributed by atoms with Crippen LogP contribution in [-0.4, -0.2) is 91.5 Å². The van der Waals surface area contributed by atoms with E-state index in [1.165, 1.54) is 0 Å². The molecule has 0 spiro atoms. The molecule has 1 aliphatic carbocycles. The molecule has 0 heterocycles. The third kappa shape index (κ3) is 12.9. The minimum atomic E-state index is -1.28. The number of rotatable bonds is 13. The lowest BCUT2D eigenvalue weighted by Gasteiger charge is -2.28. The molecular formula is C23H33N5O8S. The topological polar surface area (TPSA) is 212 Å². The Morgan fingerprint density at radius 1 is 1.14 bits per heavy atom. The molecule has 0 aliphatic heterocycles. The zero-order valence-corrected chi connectivity index (χ0v) is 21.7. The predicted molar refractivity (Wildman–Crippen MR) is 137 cm³/mol. The summed E-state index contributed by atoms with van der Waals surface area (Å²) in [7, 11) is 0. The Balaban J connectivity index is 2.68. The van der Waals surface area contributed by atoms with Crippen LogP contribution in [0.25, 0.3) is 0 Å². The van der Waals surface area contributed by atoms with Crippen LogP contribution in [0.2, 0.25) is 0 Å². The second-order valence-corrected chi connectivity index (χ2v) is 10.0. The van der Waals surface area contributed by atoms with Gasteiger partial charge >= 0.3 is 11.9 Å². The molecule has 1 aliphatic rings. The third-order valence-electron chi connectivity index (χ3n) is 4.68. The summed E-state index contributed by atoms with van der Waals surface area (Å²) in [6, 6.07) is -2.41. The van der Waals surface area contributed by atoms with Gasteiger partial charge in [0, 0.05) is 18.4 Å². The number of hydrogen-bond donors (Lipinski definition) is 6. The summed E-state index contributed by atoms with van der Waals surface area (Å²) >= 11 is 1.01. The van der Waals surface area contributed by atoms with Gasteiger partial charge in [-0.25, -0.2) is 4.99 Å². The highest BCUT2D eigenvalue weighted by atomic mass is 32.2. The summed E-state index contributed by atoms with van der Waals surface area (Å²) in [5.41, 5.74) is 5.98.